The molecule has 1 amide bonds. The van der Waals surface area contributed by atoms with Crippen LogP contribution in [0.5, 0.6) is 0 Å². The molecule has 0 saturated carbocycles. The molecule has 0 aromatic carbocycles. The summed E-state index contributed by atoms with van der Waals surface area (Å²) in [6.07, 6.45) is 0.0832. The maximum absolute atomic E-state index is 13.2. The molecule has 2 aliphatic rings. The van der Waals surface area contributed by atoms with Gasteiger partial charge in [0.25, 0.3) is 0 Å². The Morgan fingerprint density at radius 1 is 1.15 bits per heavy atom. The van der Waals surface area contributed by atoms with E-state index in [0.29, 0.717) is 19.5 Å². The molecule has 0 radical (unpaired) electrons. The summed E-state index contributed by atoms with van der Waals surface area (Å²) >= 11 is 0. The number of esters is 1. The number of carbonyl (C=O) groups excluding carboxylic acids is 3. The van der Waals surface area contributed by atoms with Gasteiger partial charge in [-0.1, -0.05) is 48.5 Å². The molecule has 2 aliphatic heterocycles. The van der Waals surface area contributed by atoms with Crippen LogP contribution in [0.4, 0.5) is 0 Å². The Bertz CT molecular complexity index is 709. The van der Waals surface area contributed by atoms with E-state index < -0.39 is 30.0 Å². The molecule has 8 nitrogen and oxygen atoms in total. The Hall–Kier alpha value is -1.80. The number of aliphatic hydroxyl groups excluding tert-OH is 1. The smallest absolute Gasteiger partial charge is 0.316 e. The van der Waals surface area contributed by atoms with Gasteiger partial charge in [-0.3, -0.25) is 19.4 Å². The predicted molar refractivity (Wildman–Crippen MR) is 133 cm³/mol. The Morgan fingerprint density at radius 2 is 1.76 bits per heavy atom. The second-order valence-corrected chi connectivity index (χ2v) is 9.77. The molecule has 34 heavy (non-hydrogen) atoms. The fourth-order valence-corrected chi connectivity index (χ4v) is 5.63. The first-order valence-electron chi connectivity index (χ1n) is 12.7. The monoisotopic (exact) mass is 482 g/mol. The molecule has 5 unspecified atom stereocenters. The zero-order chi connectivity index (χ0) is 26.2. The molecular weight excluding hydrogens is 436 g/mol. The van der Waals surface area contributed by atoms with Crippen LogP contribution in [0.3, 0.4) is 0 Å². The van der Waals surface area contributed by atoms with Crippen molar-refractivity contribution in [1.82, 2.24) is 4.90 Å². The van der Waals surface area contributed by atoms with Gasteiger partial charge in [0.15, 0.2) is 0 Å². The van der Waals surface area contributed by atoms with Crippen LogP contribution >= 0.6 is 0 Å². The Kier molecular flexibility index (Phi) is 12.4. The molecule has 196 valence electrons. The van der Waals surface area contributed by atoms with Crippen LogP contribution in [-0.2, 0) is 23.9 Å². The van der Waals surface area contributed by atoms with Gasteiger partial charge >= 0.3 is 5.97 Å². The van der Waals surface area contributed by atoms with Crippen molar-refractivity contribution in [2.45, 2.75) is 80.1 Å². The van der Waals surface area contributed by atoms with Crippen molar-refractivity contribution in [3.8, 4) is 0 Å². The van der Waals surface area contributed by atoms with Crippen LogP contribution in [0.15, 0.2) is 4.99 Å². The van der Waals surface area contributed by atoms with Gasteiger partial charge in [0.2, 0.25) is 6.41 Å². The molecule has 0 spiro atoms. The van der Waals surface area contributed by atoms with Crippen LogP contribution < -0.4 is 0 Å². The SMILES string of the molecule is CC.COC1C[C@@H](C)C2=NCCN(C=O)C(C(O)COC(=O)C(C)C(=O)[C@H](C)[C@H]1C(C)C)C2C. The van der Waals surface area contributed by atoms with Crippen LogP contribution in [0, 0.1) is 35.5 Å². The zero-order valence-corrected chi connectivity index (χ0v) is 22.5. The van der Waals surface area contributed by atoms with Gasteiger partial charge in [0.05, 0.1) is 18.7 Å². The van der Waals surface area contributed by atoms with Gasteiger partial charge < -0.3 is 19.5 Å². The summed E-state index contributed by atoms with van der Waals surface area (Å²) < 4.78 is 11.3. The standard InChI is InChI=1S/C24H40N2O6.C2H6/c1-13(2)20-15(4)23(29)17(6)24(30)32-11-18(28)22-16(5)21(14(3)10-19(20)31-7)25-8-9-26(22)12-27;1-2/h12-20,22,28H,8-11H2,1-7H3;1-2H3/t14-,15-,16?,17?,18?,19?,20-,22?;/m1./s1. The number of hydrogen-bond acceptors (Lipinski definition) is 7. The van der Waals surface area contributed by atoms with Gasteiger partial charge in [0.1, 0.15) is 24.4 Å². The van der Waals surface area contributed by atoms with Gasteiger partial charge in [-0.25, -0.2) is 0 Å². The van der Waals surface area contributed by atoms with E-state index in [4.69, 9.17) is 14.5 Å². The van der Waals surface area contributed by atoms with E-state index in [0.717, 1.165) is 12.1 Å². The number of aliphatic imine (C=N–C) groups is 1. The quantitative estimate of drug-likeness (QED) is 0.377. The first kappa shape index (κ1) is 30.2. The molecule has 2 heterocycles. The Balaban J connectivity index is 0.00000281. The van der Waals surface area contributed by atoms with E-state index in [-0.39, 0.29) is 42.2 Å². The van der Waals surface area contributed by atoms with Gasteiger partial charge in [0, 0.05) is 31.2 Å². The van der Waals surface area contributed by atoms with Crippen molar-refractivity contribution in [3.05, 3.63) is 0 Å². The van der Waals surface area contributed by atoms with Crippen LogP contribution in [0.25, 0.3) is 0 Å². The number of cyclic esters (lactones) is 1. The van der Waals surface area contributed by atoms with Gasteiger partial charge in [-0.05, 0) is 31.1 Å². The highest BCUT2D eigenvalue weighted by molar-refractivity contribution is 5.99. The van der Waals surface area contributed by atoms with E-state index in [1.165, 1.54) is 0 Å². The van der Waals surface area contributed by atoms with E-state index >= 15 is 0 Å². The van der Waals surface area contributed by atoms with E-state index in [1.54, 1.807) is 18.9 Å². The first-order valence-corrected chi connectivity index (χ1v) is 12.7. The third-order valence-electron chi connectivity index (χ3n) is 7.34. The van der Waals surface area contributed by atoms with Crippen LogP contribution in [0.1, 0.15) is 61.8 Å². The number of methoxy groups -OCH3 is 1. The number of Topliss-reactive ketones (excluding diaryl/α,β-unsaturated/α-hetero) is 1. The highest BCUT2D eigenvalue weighted by atomic mass is 16.5. The topological polar surface area (TPSA) is 106 Å². The van der Waals surface area contributed by atoms with Gasteiger partial charge in [-0.15, -0.1) is 0 Å². The molecule has 1 N–H and O–H groups in total. The minimum atomic E-state index is -1.08. The molecule has 1 fully saturated rings. The third-order valence-corrected chi connectivity index (χ3v) is 7.34. The number of nitrogens with zero attached hydrogens (tertiary/aromatic N) is 2. The normalized spacial score (nSPS) is 35.9. The van der Waals surface area contributed by atoms with Crippen molar-refractivity contribution >= 4 is 23.9 Å². The lowest BCUT2D eigenvalue weighted by atomic mass is 9.72. The van der Waals surface area contributed by atoms with Gasteiger partial charge in [-0.2, -0.15) is 0 Å². The second kappa shape index (κ2) is 13.9. The molecule has 0 aliphatic carbocycles. The highest BCUT2D eigenvalue weighted by Gasteiger charge is 2.42. The lowest BCUT2D eigenvalue weighted by Gasteiger charge is -2.38. The average Bonchev–Trinajstić information content (AvgIpc) is 2.99. The number of rotatable bonds is 3. The largest absolute Gasteiger partial charge is 0.462 e. The Labute approximate surface area is 205 Å². The molecule has 2 rings (SSSR count). The minimum Gasteiger partial charge on any atom is -0.462 e. The number of ether oxygens (including phenoxy) is 2. The number of ketones is 1. The summed E-state index contributed by atoms with van der Waals surface area (Å²) in [7, 11) is 1.66. The summed E-state index contributed by atoms with van der Waals surface area (Å²) in [6, 6.07) is -0.571. The lowest BCUT2D eigenvalue weighted by Crippen LogP contribution is -2.52. The number of fused-ring (bicyclic) bond motifs is 2. The van der Waals surface area contributed by atoms with Crippen LogP contribution in [-0.4, -0.2) is 78.9 Å². The first-order chi connectivity index (χ1) is 16.0. The lowest BCUT2D eigenvalue weighted by molar-refractivity contribution is -0.157. The molecule has 1 saturated heterocycles. The second-order valence-electron chi connectivity index (χ2n) is 9.77. The highest BCUT2D eigenvalue weighted by Crippen LogP contribution is 2.34. The molecule has 2 bridgehead atoms. The van der Waals surface area contributed by atoms with Crippen molar-refractivity contribution in [2.24, 2.45) is 40.5 Å². The molecular formula is C26H46N2O6. The number of carbonyl (C=O) groups is 3. The van der Waals surface area contributed by atoms with Crippen molar-refractivity contribution in [1.29, 1.82) is 0 Å². The maximum atomic E-state index is 13.2. The summed E-state index contributed by atoms with van der Waals surface area (Å²) in [6.45, 7) is 16.1. The minimum absolute atomic E-state index is 0.0303. The molecule has 8 atom stereocenters. The predicted octanol–water partition coefficient (Wildman–Crippen LogP) is 3.00. The average molecular weight is 483 g/mol. The zero-order valence-electron chi connectivity index (χ0n) is 22.5. The summed E-state index contributed by atoms with van der Waals surface area (Å²) in [5.74, 6) is -2.29. The number of hydrogen-bond donors (Lipinski definition) is 1. The van der Waals surface area contributed by atoms with Crippen molar-refractivity contribution in [3.63, 3.8) is 0 Å². The summed E-state index contributed by atoms with van der Waals surface area (Å²) in [5, 5.41) is 10.9. The van der Waals surface area contributed by atoms with E-state index in [1.807, 2.05) is 27.7 Å². The van der Waals surface area contributed by atoms with Crippen LogP contribution in [0.2, 0.25) is 0 Å². The van der Waals surface area contributed by atoms with Crippen molar-refractivity contribution in [2.75, 3.05) is 26.8 Å². The maximum Gasteiger partial charge on any atom is 0.316 e. The summed E-state index contributed by atoms with van der Waals surface area (Å²) in [4.78, 5) is 43.9. The number of amides is 1. The molecule has 0 aromatic heterocycles. The molecule has 0 aromatic rings. The van der Waals surface area contributed by atoms with E-state index in [9.17, 15) is 19.5 Å². The fraction of sp³-hybridized carbons (Fsp3) is 0.846. The number of aliphatic hydroxyl groups is 1. The van der Waals surface area contributed by atoms with Crippen molar-refractivity contribution < 1.29 is 29.0 Å². The molecule has 8 heteroatoms. The Morgan fingerprint density at radius 3 is 2.29 bits per heavy atom. The summed E-state index contributed by atoms with van der Waals surface area (Å²) in [5.41, 5.74) is 0.915. The van der Waals surface area contributed by atoms with E-state index in [2.05, 4.69) is 20.8 Å². The third kappa shape index (κ3) is 6.87. The fourth-order valence-electron chi connectivity index (χ4n) is 5.63.